The number of hydrogen-bond donors (Lipinski definition) is 3. The maximum absolute atomic E-state index is 12.2. The minimum absolute atomic E-state index is 0.0105. The number of hydrogen-bond acceptors (Lipinski definition) is 4. The second-order valence-electron chi connectivity index (χ2n) is 4.64. The van der Waals surface area contributed by atoms with Crippen LogP contribution in [0.5, 0.6) is 11.5 Å². The van der Waals surface area contributed by atoms with Crippen LogP contribution in [0.4, 0.5) is 0 Å². The number of carbonyl (C=O) groups is 1. The first kappa shape index (κ1) is 12.7. The van der Waals surface area contributed by atoms with Gasteiger partial charge in [0.25, 0.3) is 5.91 Å². The first-order valence-electron chi connectivity index (χ1n) is 6.13. The molecule has 1 heterocycles. The highest BCUT2D eigenvalue weighted by Crippen LogP contribution is 2.29. The number of piperidine rings is 1. The lowest BCUT2D eigenvalue weighted by Crippen LogP contribution is -2.40. The van der Waals surface area contributed by atoms with Crippen LogP contribution in [0.3, 0.4) is 0 Å². The van der Waals surface area contributed by atoms with E-state index in [-0.39, 0.29) is 23.0 Å². The molecule has 0 bridgehead atoms. The van der Waals surface area contributed by atoms with Gasteiger partial charge < -0.3 is 20.8 Å². The fourth-order valence-electron chi connectivity index (χ4n) is 2.28. The average molecular weight is 250 g/mol. The Balaban J connectivity index is 2.13. The summed E-state index contributed by atoms with van der Waals surface area (Å²) < 4.78 is 0. The lowest BCUT2D eigenvalue weighted by atomic mass is 9.96. The van der Waals surface area contributed by atoms with Gasteiger partial charge in [0, 0.05) is 13.1 Å². The van der Waals surface area contributed by atoms with E-state index < -0.39 is 0 Å². The van der Waals surface area contributed by atoms with Crippen molar-refractivity contribution in [3.63, 3.8) is 0 Å². The second-order valence-corrected chi connectivity index (χ2v) is 4.64. The van der Waals surface area contributed by atoms with Gasteiger partial charge in [-0.1, -0.05) is 6.07 Å². The fourth-order valence-corrected chi connectivity index (χ4v) is 2.28. The van der Waals surface area contributed by atoms with Crippen LogP contribution < -0.4 is 5.73 Å². The number of carbonyl (C=O) groups excluding carboxylic acids is 1. The Labute approximate surface area is 106 Å². The van der Waals surface area contributed by atoms with Crippen molar-refractivity contribution >= 4 is 5.91 Å². The number of likely N-dealkylation sites (tertiary alicyclic amines) is 1. The van der Waals surface area contributed by atoms with Crippen LogP contribution >= 0.6 is 0 Å². The zero-order valence-electron chi connectivity index (χ0n) is 10.2. The highest BCUT2D eigenvalue weighted by molar-refractivity contribution is 5.99. The smallest absolute Gasteiger partial charge is 0.261 e. The molecule has 0 aliphatic carbocycles. The van der Waals surface area contributed by atoms with E-state index in [4.69, 9.17) is 5.73 Å². The van der Waals surface area contributed by atoms with Gasteiger partial charge in [-0.15, -0.1) is 0 Å². The van der Waals surface area contributed by atoms with Crippen LogP contribution in [0.15, 0.2) is 18.2 Å². The van der Waals surface area contributed by atoms with Gasteiger partial charge in [-0.3, -0.25) is 4.79 Å². The normalized spacial score (nSPS) is 16.8. The summed E-state index contributed by atoms with van der Waals surface area (Å²) in [7, 11) is 0. The highest BCUT2D eigenvalue weighted by atomic mass is 16.3. The molecule has 18 heavy (non-hydrogen) atoms. The molecule has 0 atom stereocenters. The van der Waals surface area contributed by atoms with Gasteiger partial charge in [0.05, 0.1) is 0 Å². The van der Waals surface area contributed by atoms with Crippen molar-refractivity contribution in [1.82, 2.24) is 4.90 Å². The number of aromatic hydroxyl groups is 2. The number of benzene rings is 1. The van der Waals surface area contributed by atoms with Crippen LogP contribution in [-0.4, -0.2) is 40.7 Å². The van der Waals surface area contributed by atoms with E-state index in [1.807, 2.05) is 0 Å². The predicted octanol–water partition coefficient (Wildman–Crippen LogP) is 0.909. The summed E-state index contributed by atoms with van der Waals surface area (Å²) in [4.78, 5) is 13.9. The average Bonchev–Trinajstić information content (AvgIpc) is 2.38. The molecule has 1 fully saturated rings. The summed E-state index contributed by atoms with van der Waals surface area (Å²) in [6, 6.07) is 4.31. The van der Waals surface area contributed by atoms with Crippen LogP contribution in [0.25, 0.3) is 0 Å². The number of nitrogens with two attached hydrogens (primary N) is 1. The van der Waals surface area contributed by atoms with Crippen molar-refractivity contribution in [1.29, 1.82) is 0 Å². The Morgan fingerprint density at radius 1 is 1.28 bits per heavy atom. The SMILES string of the molecule is NCC1CCN(C(=O)c2c(O)cccc2O)CC1. The maximum Gasteiger partial charge on any atom is 0.261 e. The van der Waals surface area contributed by atoms with Gasteiger partial charge >= 0.3 is 0 Å². The Bertz CT molecular complexity index is 420. The molecule has 0 radical (unpaired) electrons. The fraction of sp³-hybridized carbons (Fsp3) is 0.462. The number of phenols is 2. The summed E-state index contributed by atoms with van der Waals surface area (Å²) in [5.41, 5.74) is 5.59. The van der Waals surface area contributed by atoms with Crippen LogP contribution in [0.2, 0.25) is 0 Å². The molecule has 0 spiro atoms. The zero-order chi connectivity index (χ0) is 13.1. The lowest BCUT2D eigenvalue weighted by molar-refractivity contribution is 0.0687. The van der Waals surface area contributed by atoms with E-state index in [9.17, 15) is 15.0 Å². The third-order valence-electron chi connectivity index (χ3n) is 3.47. The van der Waals surface area contributed by atoms with E-state index in [0.717, 1.165) is 12.8 Å². The Hall–Kier alpha value is -1.75. The molecule has 1 aliphatic heterocycles. The molecule has 1 aliphatic rings. The molecule has 5 nitrogen and oxygen atoms in total. The second kappa shape index (κ2) is 5.27. The summed E-state index contributed by atoms with van der Waals surface area (Å²) in [6.07, 6.45) is 1.74. The molecule has 0 aromatic heterocycles. The quantitative estimate of drug-likeness (QED) is 0.728. The minimum Gasteiger partial charge on any atom is -0.507 e. The van der Waals surface area contributed by atoms with Gasteiger partial charge in [0.1, 0.15) is 17.1 Å². The molecule has 1 aromatic carbocycles. The standard InChI is InChI=1S/C13H18N2O3/c14-8-9-4-6-15(7-5-9)13(18)12-10(16)2-1-3-11(12)17/h1-3,9,16-17H,4-8,14H2. The maximum atomic E-state index is 12.2. The molecule has 98 valence electrons. The van der Waals surface area contributed by atoms with Crippen LogP contribution in [0.1, 0.15) is 23.2 Å². The number of rotatable bonds is 2. The Morgan fingerprint density at radius 3 is 2.33 bits per heavy atom. The predicted molar refractivity (Wildman–Crippen MR) is 67.5 cm³/mol. The summed E-state index contributed by atoms with van der Waals surface area (Å²) in [6.45, 7) is 1.88. The van der Waals surface area contributed by atoms with Gasteiger partial charge in [0.15, 0.2) is 0 Å². The Morgan fingerprint density at radius 2 is 1.83 bits per heavy atom. The number of phenolic OH excluding ortho intramolecular Hbond substituents is 2. The van der Waals surface area contributed by atoms with Crippen LogP contribution in [0, 0.1) is 5.92 Å². The Kier molecular flexibility index (Phi) is 3.72. The molecule has 4 N–H and O–H groups in total. The topological polar surface area (TPSA) is 86.8 Å². The highest BCUT2D eigenvalue weighted by Gasteiger charge is 2.26. The zero-order valence-corrected chi connectivity index (χ0v) is 10.2. The molecular weight excluding hydrogens is 232 g/mol. The van der Waals surface area contributed by atoms with Crippen LogP contribution in [-0.2, 0) is 0 Å². The largest absolute Gasteiger partial charge is 0.507 e. The first-order chi connectivity index (χ1) is 8.63. The van der Waals surface area contributed by atoms with Gasteiger partial charge in [0.2, 0.25) is 0 Å². The van der Waals surface area contributed by atoms with E-state index >= 15 is 0 Å². The monoisotopic (exact) mass is 250 g/mol. The van der Waals surface area contributed by atoms with Crippen molar-refractivity contribution in [3.8, 4) is 11.5 Å². The first-order valence-corrected chi connectivity index (χ1v) is 6.13. The summed E-state index contributed by atoms with van der Waals surface area (Å²) >= 11 is 0. The van der Waals surface area contributed by atoms with E-state index in [1.54, 1.807) is 4.90 Å². The minimum atomic E-state index is -0.318. The number of amides is 1. The molecule has 0 saturated carbocycles. The lowest BCUT2D eigenvalue weighted by Gasteiger charge is -2.31. The number of nitrogens with zero attached hydrogens (tertiary/aromatic N) is 1. The van der Waals surface area contributed by atoms with E-state index in [2.05, 4.69) is 0 Å². The molecule has 1 amide bonds. The molecule has 1 saturated heterocycles. The molecule has 0 unspecified atom stereocenters. The van der Waals surface area contributed by atoms with Gasteiger partial charge in [-0.05, 0) is 37.4 Å². The third-order valence-corrected chi connectivity index (χ3v) is 3.47. The van der Waals surface area contributed by atoms with Gasteiger partial charge in [-0.25, -0.2) is 0 Å². The molecule has 2 rings (SSSR count). The molecular formula is C13H18N2O3. The van der Waals surface area contributed by atoms with Gasteiger partial charge in [-0.2, -0.15) is 0 Å². The van der Waals surface area contributed by atoms with Crippen molar-refractivity contribution in [3.05, 3.63) is 23.8 Å². The third kappa shape index (κ3) is 2.41. The molecule has 1 aromatic rings. The summed E-state index contributed by atoms with van der Waals surface area (Å²) in [5.74, 6) is -0.213. The summed E-state index contributed by atoms with van der Waals surface area (Å²) in [5, 5.41) is 19.3. The van der Waals surface area contributed by atoms with Crippen molar-refractivity contribution in [2.75, 3.05) is 19.6 Å². The molecule has 5 heteroatoms. The van der Waals surface area contributed by atoms with E-state index in [1.165, 1.54) is 18.2 Å². The van der Waals surface area contributed by atoms with E-state index in [0.29, 0.717) is 25.6 Å². The van der Waals surface area contributed by atoms with Crippen molar-refractivity contribution < 1.29 is 15.0 Å². The van der Waals surface area contributed by atoms with Crippen molar-refractivity contribution in [2.24, 2.45) is 11.7 Å². The van der Waals surface area contributed by atoms with Crippen molar-refractivity contribution in [2.45, 2.75) is 12.8 Å².